The van der Waals surface area contributed by atoms with Crippen LogP contribution in [0.15, 0.2) is 0 Å². The second-order valence-electron chi connectivity index (χ2n) is 4.25. The summed E-state index contributed by atoms with van der Waals surface area (Å²) in [5.41, 5.74) is 6.51. The lowest BCUT2D eigenvalue weighted by molar-refractivity contribution is 0.0687. The molecule has 0 aromatic carbocycles. The minimum atomic E-state index is -1.03. The number of nitrogen functional groups attached to an aromatic ring is 1. The number of nitrogens with zero attached hydrogens (tertiary/aromatic N) is 2. The molecule has 0 radical (unpaired) electrons. The van der Waals surface area contributed by atoms with E-state index >= 15 is 0 Å². The van der Waals surface area contributed by atoms with Gasteiger partial charge in [-0.2, -0.15) is 0 Å². The molecule has 0 aliphatic carbocycles. The largest absolute Gasteiger partial charge is 0.476 e. The number of carboxylic acid groups (broad SMARTS) is 1. The molecule has 2 heterocycles. The van der Waals surface area contributed by atoms with Crippen molar-refractivity contribution in [1.82, 2.24) is 15.3 Å². The zero-order valence-electron chi connectivity index (χ0n) is 9.73. The summed E-state index contributed by atoms with van der Waals surface area (Å²) in [6, 6.07) is 0. The Morgan fingerprint density at radius 3 is 2.65 bits per heavy atom. The highest BCUT2D eigenvalue weighted by atomic mass is 16.4. The van der Waals surface area contributed by atoms with E-state index in [1.54, 1.807) is 6.92 Å². The molecule has 0 saturated carbocycles. The highest BCUT2D eigenvalue weighted by molar-refractivity contribution is 5.88. The summed E-state index contributed by atoms with van der Waals surface area (Å²) in [7, 11) is 0. The Kier molecular flexibility index (Phi) is 3.23. The molecule has 0 atom stereocenters. The van der Waals surface area contributed by atoms with Crippen LogP contribution in [0.3, 0.4) is 0 Å². The SMILES string of the molecule is Cc1nc(N)c(C2CCNCC2)c(C(=O)O)n1. The van der Waals surface area contributed by atoms with Gasteiger partial charge < -0.3 is 16.2 Å². The second kappa shape index (κ2) is 4.67. The summed E-state index contributed by atoms with van der Waals surface area (Å²) in [6.07, 6.45) is 1.74. The van der Waals surface area contributed by atoms with Gasteiger partial charge >= 0.3 is 5.97 Å². The van der Waals surface area contributed by atoms with Gasteiger partial charge in [0, 0.05) is 5.56 Å². The first-order chi connectivity index (χ1) is 8.09. The molecule has 92 valence electrons. The first-order valence-electron chi connectivity index (χ1n) is 5.67. The van der Waals surface area contributed by atoms with Crippen LogP contribution in [0.1, 0.15) is 40.6 Å². The summed E-state index contributed by atoms with van der Waals surface area (Å²) in [5, 5.41) is 12.4. The number of hydrogen-bond donors (Lipinski definition) is 3. The Morgan fingerprint density at radius 1 is 1.41 bits per heavy atom. The summed E-state index contributed by atoms with van der Waals surface area (Å²) in [4.78, 5) is 19.3. The maximum Gasteiger partial charge on any atom is 0.355 e. The van der Waals surface area contributed by atoms with Crippen molar-refractivity contribution in [2.75, 3.05) is 18.8 Å². The van der Waals surface area contributed by atoms with Crippen molar-refractivity contribution >= 4 is 11.8 Å². The molecule has 1 aliphatic heterocycles. The van der Waals surface area contributed by atoms with Crippen molar-refractivity contribution in [3.63, 3.8) is 0 Å². The number of carbonyl (C=O) groups is 1. The number of hydrogen-bond acceptors (Lipinski definition) is 5. The molecule has 0 spiro atoms. The van der Waals surface area contributed by atoms with Crippen LogP contribution in [0, 0.1) is 6.92 Å². The minimum absolute atomic E-state index is 0.0573. The van der Waals surface area contributed by atoms with Crippen molar-refractivity contribution in [3.05, 3.63) is 17.1 Å². The third-order valence-electron chi connectivity index (χ3n) is 3.04. The van der Waals surface area contributed by atoms with E-state index in [9.17, 15) is 9.90 Å². The molecule has 6 nitrogen and oxygen atoms in total. The Morgan fingerprint density at radius 2 is 2.06 bits per heavy atom. The zero-order valence-corrected chi connectivity index (χ0v) is 9.73. The van der Waals surface area contributed by atoms with Crippen LogP contribution >= 0.6 is 0 Å². The number of carboxylic acids is 1. The van der Waals surface area contributed by atoms with Crippen molar-refractivity contribution in [1.29, 1.82) is 0 Å². The lowest BCUT2D eigenvalue weighted by atomic mass is 9.89. The first kappa shape index (κ1) is 11.8. The molecule has 0 bridgehead atoms. The van der Waals surface area contributed by atoms with Gasteiger partial charge in [-0.3, -0.25) is 0 Å². The van der Waals surface area contributed by atoms with Crippen molar-refractivity contribution in [3.8, 4) is 0 Å². The van der Waals surface area contributed by atoms with Gasteiger partial charge in [0.25, 0.3) is 0 Å². The Bertz CT molecular complexity index is 441. The number of aromatic nitrogens is 2. The lowest BCUT2D eigenvalue weighted by Crippen LogP contribution is -2.28. The number of rotatable bonds is 2. The predicted octanol–water partition coefficient (Wildman–Crippen LogP) is 0.532. The van der Waals surface area contributed by atoms with E-state index in [1.165, 1.54) is 0 Å². The van der Waals surface area contributed by atoms with Crippen molar-refractivity contribution < 1.29 is 9.90 Å². The highest BCUT2D eigenvalue weighted by Gasteiger charge is 2.25. The van der Waals surface area contributed by atoms with Crippen LogP contribution in [0.2, 0.25) is 0 Å². The third kappa shape index (κ3) is 2.36. The molecule has 6 heteroatoms. The second-order valence-corrected chi connectivity index (χ2v) is 4.25. The van der Waals surface area contributed by atoms with E-state index in [0.29, 0.717) is 17.2 Å². The summed E-state index contributed by atoms with van der Waals surface area (Å²) in [6.45, 7) is 3.39. The monoisotopic (exact) mass is 236 g/mol. The number of anilines is 1. The standard InChI is InChI=1S/C11H16N4O2/c1-6-14-9(11(16)17)8(10(12)15-6)7-2-4-13-5-3-7/h7,13H,2-5H2,1H3,(H,16,17)(H2,12,14,15). The number of aromatic carboxylic acids is 1. The van der Waals surface area contributed by atoms with E-state index in [1.807, 2.05) is 0 Å². The highest BCUT2D eigenvalue weighted by Crippen LogP contribution is 2.30. The fraction of sp³-hybridized carbons (Fsp3) is 0.545. The normalized spacial score (nSPS) is 17.0. The van der Waals surface area contributed by atoms with Gasteiger partial charge in [0.2, 0.25) is 0 Å². The number of piperidine rings is 1. The number of nitrogens with two attached hydrogens (primary N) is 1. The van der Waals surface area contributed by atoms with Gasteiger partial charge in [-0.05, 0) is 38.8 Å². The molecule has 4 N–H and O–H groups in total. The van der Waals surface area contributed by atoms with Crippen LogP contribution in [-0.2, 0) is 0 Å². The van der Waals surface area contributed by atoms with E-state index in [0.717, 1.165) is 25.9 Å². The van der Waals surface area contributed by atoms with E-state index in [4.69, 9.17) is 5.73 Å². The maximum absolute atomic E-state index is 11.2. The zero-order chi connectivity index (χ0) is 12.4. The summed E-state index contributed by atoms with van der Waals surface area (Å²) in [5.74, 6) is -0.182. The fourth-order valence-corrected chi connectivity index (χ4v) is 2.28. The van der Waals surface area contributed by atoms with E-state index in [-0.39, 0.29) is 11.6 Å². The van der Waals surface area contributed by atoms with Crippen LogP contribution in [0.25, 0.3) is 0 Å². The summed E-state index contributed by atoms with van der Waals surface area (Å²) < 4.78 is 0. The smallest absolute Gasteiger partial charge is 0.355 e. The van der Waals surface area contributed by atoms with Gasteiger partial charge in [-0.1, -0.05) is 0 Å². The summed E-state index contributed by atoms with van der Waals surface area (Å²) >= 11 is 0. The maximum atomic E-state index is 11.2. The Hall–Kier alpha value is -1.69. The topological polar surface area (TPSA) is 101 Å². The quantitative estimate of drug-likeness (QED) is 0.692. The van der Waals surface area contributed by atoms with Crippen LogP contribution < -0.4 is 11.1 Å². The molecule has 1 aromatic rings. The molecule has 1 saturated heterocycles. The van der Waals surface area contributed by atoms with Crippen LogP contribution in [-0.4, -0.2) is 34.1 Å². The van der Waals surface area contributed by atoms with Crippen LogP contribution in [0.4, 0.5) is 5.82 Å². The molecule has 1 aromatic heterocycles. The van der Waals surface area contributed by atoms with E-state index in [2.05, 4.69) is 15.3 Å². The van der Waals surface area contributed by atoms with Gasteiger partial charge in [0.05, 0.1) is 0 Å². The van der Waals surface area contributed by atoms with Gasteiger partial charge in [0.1, 0.15) is 11.6 Å². The van der Waals surface area contributed by atoms with Gasteiger partial charge in [-0.15, -0.1) is 0 Å². The van der Waals surface area contributed by atoms with Crippen molar-refractivity contribution in [2.45, 2.75) is 25.7 Å². The Balaban J connectivity index is 2.46. The average Bonchev–Trinajstić information content (AvgIpc) is 2.29. The molecule has 0 amide bonds. The fourth-order valence-electron chi connectivity index (χ4n) is 2.28. The molecule has 0 unspecified atom stereocenters. The molecule has 1 fully saturated rings. The van der Waals surface area contributed by atoms with E-state index < -0.39 is 5.97 Å². The van der Waals surface area contributed by atoms with Crippen molar-refractivity contribution in [2.24, 2.45) is 0 Å². The minimum Gasteiger partial charge on any atom is -0.476 e. The lowest BCUT2D eigenvalue weighted by Gasteiger charge is -2.24. The molecular formula is C11H16N4O2. The molecule has 2 rings (SSSR count). The Labute approximate surface area is 99.3 Å². The third-order valence-corrected chi connectivity index (χ3v) is 3.04. The average molecular weight is 236 g/mol. The first-order valence-corrected chi connectivity index (χ1v) is 5.67. The predicted molar refractivity (Wildman–Crippen MR) is 63.0 cm³/mol. The number of nitrogens with one attached hydrogen (secondary N) is 1. The number of aryl methyl sites for hydroxylation is 1. The molecule has 1 aliphatic rings. The molecular weight excluding hydrogens is 220 g/mol. The van der Waals surface area contributed by atoms with Gasteiger partial charge in [0.15, 0.2) is 5.69 Å². The van der Waals surface area contributed by atoms with Crippen LogP contribution in [0.5, 0.6) is 0 Å². The molecule has 17 heavy (non-hydrogen) atoms. The van der Waals surface area contributed by atoms with Gasteiger partial charge in [-0.25, -0.2) is 14.8 Å².